The van der Waals surface area contributed by atoms with Crippen molar-refractivity contribution in [3.8, 4) is 0 Å². The highest BCUT2D eigenvalue weighted by molar-refractivity contribution is 9.10. The van der Waals surface area contributed by atoms with Crippen LogP contribution in [0.5, 0.6) is 0 Å². The fourth-order valence-electron chi connectivity index (χ4n) is 1.96. The van der Waals surface area contributed by atoms with E-state index in [2.05, 4.69) is 15.9 Å². The van der Waals surface area contributed by atoms with Gasteiger partial charge in [-0.1, -0.05) is 18.2 Å². The number of benzene rings is 2. The molecule has 0 saturated carbocycles. The molecule has 2 aromatic carbocycles. The van der Waals surface area contributed by atoms with Crippen LogP contribution in [0.25, 0.3) is 0 Å². The number of halogens is 4. The first kappa shape index (κ1) is 14.1. The summed E-state index contributed by atoms with van der Waals surface area (Å²) >= 11 is 2.92. The van der Waals surface area contributed by atoms with Crippen LogP contribution >= 0.6 is 15.9 Å². The Morgan fingerprint density at radius 2 is 1.63 bits per heavy atom. The van der Waals surface area contributed by atoms with Gasteiger partial charge in [0, 0.05) is 5.56 Å². The smallest absolute Gasteiger partial charge is 0.146 e. The van der Waals surface area contributed by atoms with Crippen LogP contribution in [-0.2, 0) is 5.60 Å². The molecule has 0 aromatic heterocycles. The van der Waals surface area contributed by atoms with Crippen molar-refractivity contribution in [1.82, 2.24) is 0 Å². The molecular formula is C14H10BrF3O. The monoisotopic (exact) mass is 330 g/mol. The molecule has 0 fully saturated rings. The van der Waals surface area contributed by atoms with Crippen LogP contribution in [-0.4, -0.2) is 5.11 Å². The highest BCUT2D eigenvalue weighted by atomic mass is 79.9. The van der Waals surface area contributed by atoms with Crippen molar-refractivity contribution in [3.63, 3.8) is 0 Å². The Hall–Kier alpha value is -1.33. The van der Waals surface area contributed by atoms with Crippen molar-refractivity contribution in [2.24, 2.45) is 0 Å². The quantitative estimate of drug-likeness (QED) is 0.821. The largest absolute Gasteiger partial charge is 0.380 e. The molecule has 0 aliphatic rings. The molecule has 1 N–H and O–H groups in total. The standard InChI is InChI=1S/C14H10BrF3O/c1-14(19,8-4-2-3-5-10(8)16)12-11(17)7-6-9(15)13(12)18/h2-7,19H,1H3. The Morgan fingerprint density at radius 3 is 2.26 bits per heavy atom. The van der Waals surface area contributed by atoms with Gasteiger partial charge in [0.1, 0.15) is 23.1 Å². The summed E-state index contributed by atoms with van der Waals surface area (Å²) in [7, 11) is 0. The number of rotatable bonds is 2. The van der Waals surface area contributed by atoms with E-state index in [4.69, 9.17) is 0 Å². The number of aliphatic hydroxyl groups is 1. The summed E-state index contributed by atoms with van der Waals surface area (Å²) < 4.78 is 41.5. The molecule has 1 unspecified atom stereocenters. The van der Waals surface area contributed by atoms with E-state index in [0.717, 1.165) is 19.1 Å². The lowest BCUT2D eigenvalue weighted by Crippen LogP contribution is -2.27. The Morgan fingerprint density at radius 1 is 1.00 bits per heavy atom. The zero-order chi connectivity index (χ0) is 14.2. The summed E-state index contributed by atoms with van der Waals surface area (Å²) in [6.45, 7) is 1.15. The fourth-order valence-corrected chi connectivity index (χ4v) is 2.29. The first-order chi connectivity index (χ1) is 8.85. The Balaban J connectivity index is 2.70. The zero-order valence-electron chi connectivity index (χ0n) is 9.92. The molecule has 2 rings (SSSR count). The van der Waals surface area contributed by atoms with E-state index in [1.807, 2.05) is 0 Å². The average Bonchev–Trinajstić information content (AvgIpc) is 2.34. The average molecular weight is 331 g/mol. The van der Waals surface area contributed by atoms with Gasteiger partial charge in [0.2, 0.25) is 0 Å². The van der Waals surface area contributed by atoms with Gasteiger partial charge in [0.25, 0.3) is 0 Å². The predicted molar refractivity (Wildman–Crippen MR) is 69.1 cm³/mol. The molecule has 0 aliphatic heterocycles. The van der Waals surface area contributed by atoms with E-state index < -0.39 is 28.6 Å². The van der Waals surface area contributed by atoms with Crippen LogP contribution in [0.4, 0.5) is 13.2 Å². The minimum absolute atomic E-state index is 0.000476. The first-order valence-electron chi connectivity index (χ1n) is 5.47. The van der Waals surface area contributed by atoms with Gasteiger partial charge in [-0.3, -0.25) is 0 Å². The van der Waals surface area contributed by atoms with Gasteiger partial charge in [-0.2, -0.15) is 0 Å². The van der Waals surface area contributed by atoms with E-state index in [-0.39, 0.29) is 10.0 Å². The third-order valence-corrected chi connectivity index (χ3v) is 3.54. The fraction of sp³-hybridized carbons (Fsp3) is 0.143. The maximum atomic E-state index is 14.0. The number of hydrogen-bond acceptors (Lipinski definition) is 1. The van der Waals surface area contributed by atoms with Crippen LogP contribution in [0.15, 0.2) is 40.9 Å². The molecule has 0 saturated heterocycles. The third kappa shape index (κ3) is 2.40. The molecule has 2 aromatic rings. The molecule has 19 heavy (non-hydrogen) atoms. The van der Waals surface area contributed by atoms with E-state index in [0.29, 0.717) is 0 Å². The van der Waals surface area contributed by atoms with Gasteiger partial charge < -0.3 is 5.11 Å². The van der Waals surface area contributed by atoms with Gasteiger partial charge in [0.05, 0.1) is 10.0 Å². The van der Waals surface area contributed by atoms with Crippen molar-refractivity contribution in [2.45, 2.75) is 12.5 Å². The summed E-state index contributed by atoms with van der Waals surface area (Å²) in [4.78, 5) is 0. The number of hydrogen-bond donors (Lipinski definition) is 1. The molecular weight excluding hydrogens is 321 g/mol. The van der Waals surface area contributed by atoms with Crippen LogP contribution < -0.4 is 0 Å². The van der Waals surface area contributed by atoms with Gasteiger partial charge in [-0.15, -0.1) is 0 Å². The van der Waals surface area contributed by atoms with Crippen molar-refractivity contribution >= 4 is 15.9 Å². The lowest BCUT2D eigenvalue weighted by atomic mass is 9.87. The second-order valence-electron chi connectivity index (χ2n) is 4.27. The normalized spacial score (nSPS) is 14.2. The van der Waals surface area contributed by atoms with Crippen LogP contribution in [0.2, 0.25) is 0 Å². The Kier molecular flexibility index (Phi) is 3.69. The maximum Gasteiger partial charge on any atom is 0.146 e. The second-order valence-corrected chi connectivity index (χ2v) is 5.12. The molecule has 5 heteroatoms. The molecule has 0 amide bonds. The molecule has 1 atom stereocenters. The zero-order valence-corrected chi connectivity index (χ0v) is 11.5. The molecule has 0 aliphatic carbocycles. The van der Waals surface area contributed by atoms with Gasteiger partial charge in [0.15, 0.2) is 0 Å². The Labute approximate surface area is 116 Å². The SMILES string of the molecule is CC(O)(c1ccccc1F)c1c(F)ccc(Br)c1F. The molecule has 0 bridgehead atoms. The summed E-state index contributed by atoms with van der Waals surface area (Å²) in [5, 5.41) is 10.4. The highest BCUT2D eigenvalue weighted by Crippen LogP contribution is 2.36. The lowest BCUT2D eigenvalue weighted by Gasteiger charge is -2.26. The lowest BCUT2D eigenvalue weighted by molar-refractivity contribution is 0.0891. The van der Waals surface area contributed by atoms with E-state index in [9.17, 15) is 18.3 Å². The third-order valence-electron chi connectivity index (χ3n) is 2.93. The van der Waals surface area contributed by atoms with E-state index in [1.165, 1.54) is 24.3 Å². The maximum absolute atomic E-state index is 14.0. The molecule has 100 valence electrons. The minimum Gasteiger partial charge on any atom is -0.380 e. The van der Waals surface area contributed by atoms with Gasteiger partial charge in [-0.05, 0) is 41.1 Å². The highest BCUT2D eigenvalue weighted by Gasteiger charge is 2.35. The van der Waals surface area contributed by atoms with Crippen molar-refractivity contribution in [2.75, 3.05) is 0 Å². The molecule has 0 spiro atoms. The van der Waals surface area contributed by atoms with Crippen molar-refractivity contribution in [3.05, 3.63) is 69.4 Å². The molecule has 0 radical (unpaired) electrons. The van der Waals surface area contributed by atoms with Gasteiger partial charge >= 0.3 is 0 Å². The summed E-state index contributed by atoms with van der Waals surface area (Å²) in [5.41, 5.74) is -2.89. The van der Waals surface area contributed by atoms with Crippen LogP contribution in [0.1, 0.15) is 18.1 Å². The molecule has 1 nitrogen and oxygen atoms in total. The van der Waals surface area contributed by atoms with Crippen molar-refractivity contribution in [1.29, 1.82) is 0 Å². The van der Waals surface area contributed by atoms with Crippen molar-refractivity contribution < 1.29 is 18.3 Å². The van der Waals surface area contributed by atoms with E-state index in [1.54, 1.807) is 0 Å². The summed E-state index contributed by atoms with van der Waals surface area (Å²) in [6, 6.07) is 7.53. The Bertz CT molecular complexity index is 626. The minimum atomic E-state index is -2.11. The van der Waals surface area contributed by atoms with Crippen LogP contribution in [0.3, 0.4) is 0 Å². The topological polar surface area (TPSA) is 20.2 Å². The van der Waals surface area contributed by atoms with Crippen LogP contribution in [0, 0.1) is 17.5 Å². The van der Waals surface area contributed by atoms with E-state index >= 15 is 0 Å². The molecule has 0 heterocycles. The first-order valence-corrected chi connectivity index (χ1v) is 6.26. The summed E-state index contributed by atoms with van der Waals surface area (Å²) in [6.07, 6.45) is 0. The predicted octanol–water partition coefficient (Wildman–Crippen LogP) is 4.12. The second kappa shape index (κ2) is 4.98. The van der Waals surface area contributed by atoms with Gasteiger partial charge in [-0.25, -0.2) is 13.2 Å². The summed E-state index contributed by atoms with van der Waals surface area (Å²) in [5.74, 6) is -2.62.